The number of para-hydroxylation sites is 1. The van der Waals surface area contributed by atoms with Crippen LogP contribution in [-0.2, 0) is 17.8 Å². The molecule has 21 heavy (non-hydrogen) atoms. The molecular formula is C16H20N2O2S. The Bertz CT molecular complexity index is 569. The molecule has 0 saturated carbocycles. The lowest BCUT2D eigenvalue weighted by molar-refractivity contribution is -0.121. The minimum absolute atomic E-state index is 0.0187. The molecule has 0 radical (unpaired) electrons. The molecule has 1 amide bonds. The zero-order valence-corrected chi connectivity index (χ0v) is 13.2. The fourth-order valence-corrected chi connectivity index (χ4v) is 2.46. The average Bonchev–Trinajstić information content (AvgIpc) is 2.93. The summed E-state index contributed by atoms with van der Waals surface area (Å²) in [6, 6.07) is 9.84. The highest BCUT2D eigenvalue weighted by Gasteiger charge is 2.10. The molecule has 0 aliphatic carbocycles. The highest BCUT2D eigenvalue weighted by atomic mass is 32.1. The monoisotopic (exact) mass is 304 g/mol. The number of hydrogen-bond acceptors (Lipinski definition) is 4. The summed E-state index contributed by atoms with van der Waals surface area (Å²) in [6.45, 7) is 4.48. The molecule has 1 atom stereocenters. The second-order valence-corrected chi connectivity index (χ2v) is 5.83. The summed E-state index contributed by atoms with van der Waals surface area (Å²) in [4.78, 5) is 16.2. The fraction of sp³-hybridized carbons (Fsp3) is 0.375. The van der Waals surface area contributed by atoms with Crippen LogP contribution in [0.25, 0.3) is 0 Å². The van der Waals surface area contributed by atoms with Crippen molar-refractivity contribution in [3.8, 4) is 5.75 Å². The van der Waals surface area contributed by atoms with E-state index in [0.717, 1.165) is 22.9 Å². The first-order valence-electron chi connectivity index (χ1n) is 7.08. The maximum absolute atomic E-state index is 11.8. The van der Waals surface area contributed by atoms with E-state index in [1.165, 1.54) is 11.3 Å². The molecule has 0 unspecified atom stereocenters. The summed E-state index contributed by atoms with van der Waals surface area (Å²) in [5.41, 5.74) is 0.799. The van der Waals surface area contributed by atoms with Crippen LogP contribution in [-0.4, -0.2) is 16.9 Å². The van der Waals surface area contributed by atoms with Crippen LogP contribution in [0, 0.1) is 0 Å². The lowest BCUT2D eigenvalue weighted by Gasteiger charge is -2.10. The van der Waals surface area contributed by atoms with Gasteiger partial charge in [-0.2, -0.15) is 0 Å². The Morgan fingerprint density at radius 3 is 2.86 bits per heavy atom. The number of carbonyl (C=O) groups is 1. The van der Waals surface area contributed by atoms with Gasteiger partial charge in [-0.3, -0.25) is 4.79 Å². The van der Waals surface area contributed by atoms with Gasteiger partial charge in [-0.25, -0.2) is 4.98 Å². The molecule has 0 saturated heterocycles. The third kappa shape index (κ3) is 5.19. The van der Waals surface area contributed by atoms with Crippen LogP contribution in [0.2, 0.25) is 0 Å². The van der Waals surface area contributed by atoms with E-state index in [2.05, 4.69) is 10.3 Å². The Hall–Kier alpha value is -1.88. The smallest absolute Gasteiger partial charge is 0.226 e. The van der Waals surface area contributed by atoms with E-state index < -0.39 is 0 Å². The van der Waals surface area contributed by atoms with Gasteiger partial charge in [-0.05, 0) is 25.5 Å². The van der Waals surface area contributed by atoms with Crippen molar-refractivity contribution in [1.82, 2.24) is 10.3 Å². The maximum Gasteiger partial charge on any atom is 0.226 e. The predicted molar refractivity (Wildman–Crippen MR) is 84.5 cm³/mol. The second kappa shape index (κ2) is 7.78. The van der Waals surface area contributed by atoms with Crippen molar-refractivity contribution >= 4 is 17.2 Å². The van der Waals surface area contributed by atoms with Crippen LogP contribution in [0.1, 0.15) is 31.0 Å². The third-order valence-corrected chi connectivity index (χ3v) is 3.94. The molecular weight excluding hydrogens is 284 g/mol. The number of benzene rings is 1. The lowest BCUT2D eigenvalue weighted by Crippen LogP contribution is -2.33. The van der Waals surface area contributed by atoms with Crippen molar-refractivity contribution in [2.75, 3.05) is 0 Å². The highest BCUT2D eigenvalue weighted by molar-refractivity contribution is 7.09. The van der Waals surface area contributed by atoms with Crippen LogP contribution >= 0.6 is 11.3 Å². The van der Waals surface area contributed by atoms with Crippen LogP contribution in [0.4, 0.5) is 0 Å². The third-order valence-electron chi connectivity index (χ3n) is 3.07. The number of rotatable bonds is 7. The Balaban J connectivity index is 1.82. The Kier molecular flexibility index (Phi) is 5.75. The van der Waals surface area contributed by atoms with E-state index in [-0.39, 0.29) is 11.9 Å². The summed E-state index contributed by atoms with van der Waals surface area (Å²) in [5.74, 6) is 0.842. The van der Waals surface area contributed by atoms with Gasteiger partial charge in [0.05, 0.1) is 12.1 Å². The number of carbonyl (C=O) groups excluding carboxylic acids is 1. The summed E-state index contributed by atoms with van der Waals surface area (Å²) in [7, 11) is 0. The van der Waals surface area contributed by atoms with Gasteiger partial charge in [0.2, 0.25) is 5.91 Å². The van der Waals surface area contributed by atoms with Gasteiger partial charge < -0.3 is 10.1 Å². The molecule has 0 fully saturated rings. The molecule has 0 aliphatic rings. The molecule has 1 N–H and O–H groups in total. The van der Waals surface area contributed by atoms with Crippen molar-refractivity contribution in [2.45, 2.75) is 39.3 Å². The van der Waals surface area contributed by atoms with Crippen LogP contribution in [0.3, 0.4) is 0 Å². The zero-order valence-electron chi connectivity index (χ0n) is 12.3. The molecule has 2 aromatic rings. The van der Waals surface area contributed by atoms with Crippen molar-refractivity contribution < 1.29 is 9.53 Å². The van der Waals surface area contributed by atoms with E-state index in [1.807, 2.05) is 49.6 Å². The maximum atomic E-state index is 11.8. The Labute approximate surface area is 129 Å². The van der Waals surface area contributed by atoms with Gasteiger partial charge >= 0.3 is 0 Å². The second-order valence-electron chi connectivity index (χ2n) is 4.89. The number of aromatic nitrogens is 1. The molecule has 0 aliphatic heterocycles. The van der Waals surface area contributed by atoms with E-state index in [0.29, 0.717) is 13.0 Å². The standard InChI is InChI=1S/C16H20N2O2S/c1-3-12(2)17-15(19)9-13-11-21-16(18-13)10-20-14-7-5-4-6-8-14/h4-8,11-12H,3,9-10H2,1-2H3,(H,17,19)/t12-/m1/s1. The topological polar surface area (TPSA) is 51.2 Å². The minimum atomic E-state index is 0.0187. The molecule has 5 heteroatoms. The number of ether oxygens (including phenoxy) is 1. The summed E-state index contributed by atoms with van der Waals surface area (Å²) in [6.07, 6.45) is 1.26. The normalized spacial score (nSPS) is 11.9. The van der Waals surface area contributed by atoms with Crippen LogP contribution < -0.4 is 10.1 Å². The molecule has 4 nitrogen and oxygen atoms in total. The van der Waals surface area contributed by atoms with Gasteiger partial charge in [0, 0.05) is 11.4 Å². The van der Waals surface area contributed by atoms with Gasteiger partial charge in [-0.15, -0.1) is 11.3 Å². The van der Waals surface area contributed by atoms with Gasteiger partial charge in [0.1, 0.15) is 17.4 Å². The van der Waals surface area contributed by atoms with E-state index in [1.54, 1.807) is 0 Å². The molecule has 0 spiro atoms. The summed E-state index contributed by atoms with van der Waals surface area (Å²) in [5, 5.41) is 5.74. The van der Waals surface area contributed by atoms with Crippen LogP contribution in [0.15, 0.2) is 35.7 Å². The van der Waals surface area contributed by atoms with Gasteiger partial charge in [0.15, 0.2) is 0 Å². The minimum Gasteiger partial charge on any atom is -0.486 e. The Morgan fingerprint density at radius 2 is 2.14 bits per heavy atom. The quantitative estimate of drug-likeness (QED) is 0.854. The SMILES string of the molecule is CC[C@@H](C)NC(=O)Cc1csc(COc2ccccc2)n1. The molecule has 1 aromatic carbocycles. The lowest BCUT2D eigenvalue weighted by atomic mass is 10.2. The summed E-state index contributed by atoms with van der Waals surface area (Å²) >= 11 is 1.52. The highest BCUT2D eigenvalue weighted by Crippen LogP contribution is 2.15. The zero-order chi connectivity index (χ0) is 15.1. The first-order valence-corrected chi connectivity index (χ1v) is 7.96. The number of hydrogen-bond donors (Lipinski definition) is 1. The van der Waals surface area contributed by atoms with Gasteiger partial charge in [-0.1, -0.05) is 25.1 Å². The predicted octanol–water partition coefficient (Wildman–Crippen LogP) is 3.18. The largest absolute Gasteiger partial charge is 0.486 e. The van der Waals surface area contributed by atoms with E-state index in [9.17, 15) is 4.79 Å². The molecule has 2 rings (SSSR count). The van der Waals surface area contributed by atoms with Crippen molar-refractivity contribution in [1.29, 1.82) is 0 Å². The summed E-state index contributed by atoms with van der Waals surface area (Å²) < 4.78 is 5.64. The Morgan fingerprint density at radius 1 is 1.38 bits per heavy atom. The first kappa shape index (κ1) is 15.5. The molecule has 0 bridgehead atoms. The molecule has 1 aromatic heterocycles. The molecule has 112 valence electrons. The van der Waals surface area contributed by atoms with Crippen LogP contribution in [0.5, 0.6) is 5.75 Å². The van der Waals surface area contributed by atoms with Crippen molar-refractivity contribution in [3.05, 3.63) is 46.4 Å². The number of nitrogens with zero attached hydrogens (tertiary/aromatic N) is 1. The van der Waals surface area contributed by atoms with Gasteiger partial charge in [0.25, 0.3) is 0 Å². The van der Waals surface area contributed by atoms with E-state index in [4.69, 9.17) is 4.74 Å². The molecule has 1 heterocycles. The van der Waals surface area contributed by atoms with Crippen molar-refractivity contribution in [3.63, 3.8) is 0 Å². The number of nitrogens with one attached hydrogen (secondary N) is 1. The average molecular weight is 304 g/mol. The number of thiazole rings is 1. The fourth-order valence-electron chi connectivity index (χ4n) is 1.75. The first-order chi connectivity index (χ1) is 10.2. The van der Waals surface area contributed by atoms with E-state index >= 15 is 0 Å². The number of amides is 1. The van der Waals surface area contributed by atoms with Crippen molar-refractivity contribution in [2.24, 2.45) is 0 Å².